The van der Waals surface area contributed by atoms with Crippen LogP contribution in [-0.2, 0) is 0 Å². The molecule has 30 heavy (non-hydrogen) atoms. The maximum Gasteiger partial charge on any atom is 0.257 e. The number of oxazole rings is 1. The average Bonchev–Trinajstić information content (AvgIpc) is 3.13. The second kappa shape index (κ2) is 8.55. The van der Waals surface area contributed by atoms with Crippen molar-refractivity contribution in [2.24, 2.45) is 0 Å². The number of anilines is 1. The highest BCUT2D eigenvalue weighted by Gasteiger charge is 2.12. The molecule has 5 nitrogen and oxygen atoms in total. The monoisotopic (exact) mass is 499 g/mol. The van der Waals surface area contributed by atoms with Crippen molar-refractivity contribution >= 4 is 67.6 Å². The summed E-state index contributed by atoms with van der Waals surface area (Å²) in [6, 6.07) is 17.9. The van der Waals surface area contributed by atoms with E-state index < -0.39 is 0 Å². The third-order valence-electron chi connectivity index (χ3n) is 4.38. The summed E-state index contributed by atoms with van der Waals surface area (Å²) in [5.74, 6) is 0.218. The van der Waals surface area contributed by atoms with Crippen LogP contribution >= 0.6 is 39.7 Å². The topological polar surface area (TPSA) is 67.2 Å². The molecule has 4 aromatic rings. The number of thiocarbonyl (C=S) groups is 1. The lowest BCUT2D eigenvalue weighted by Gasteiger charge is -2.09. The van der Waals surface area contributed by atoms with Gasteiger partial charge in [0.15, 0.2) is 10.7 Å². The minimum atomic E-state index is -0.320. The van der Waals surface area contributed by atoms with Gasteiger partial charge in [-0.25, -0.2) is 4.98 Å². The van der Waals surface area contributed by atoms with Crippen LogP contribution in [0.1, 0.15) is 15.9 Å². The van der Waals surface area contributed by atoms with Crippen molar-refractivity contribution in [2.45, 2.75) is 6.92 Å². The first-order valence-corrected chi connectivity index (χ1v) is 10.5. The zero-order chi connectivity index (χ0) is 21.3. The first-order valence-electron chi connectivity index (χ1n) is 8.94. The van der Waals surface area contributed by atoms with E-state index in [0.717, 1.165) is 15.6 Å². The normalized spacial score (nSPS) is 10.8. The number of carbonyl (C=O) groups excluding carboxylic acids is 1. The Balaban J connectivity index is 1.49. The predicted molar refractivity (Wildman–Crippen MR) is 127 cm³/mol. The number of nitrogens with one attached hydrogen (secondary N) is 2. The fraction of sp³-hybridized carbons (Fsp3) is 0.0455. The van der Waals surface area contributed by atoms with E-state index in [-0.39, 0.29) is 11.0 Å². The van der Waals surface area contributed by atoms with Crippen molar-refractivity contribution in [3.8, 4) is 11.5 Å². The fourth-order valence-electron chi connectivity index (χ4n) is 2.85. The van der Waals surface area contributed by atoms with Gasteiger partial charge in [-0.05, 0) is 85.4 Å². The molecular weight excluding hydrogens is 486 g/mol. The van der Waals surface area contributed by atoms with Crippen LogP contribution in [0.4, 0.5) is 5.69 Å². The zero-order valence-corrected chi connectivity index (χ0v) is 18.9. The number of nitrogens with zero attached hydrogens (tertiary/aromatic N) is 1. The Hall–Kier alpha value is -2.74. The number of hydrogen-bond donors (Lipinski definition) is 2. The summed E-state index contributed by atoms with van der Waals surface area (Å²) in [5, 5.41) is 6.39. The van der Waals surface area contributed by atoms with E-state index in [4.69, 9.17) is 28.2 Å². The van der Waals surface area contributed by atoms with E-state index in [2.05, 4.69) is 31.5 Å². The summed E-state index contributed by atoms with van der Waals surface area (Å²) in [4.78, 5) is 16.8. The lowest BCUT2D eigenvalue weighted by atomic mass is 10.1. The van der Waals surface area contributed by atoms with Crippen molar-refractivity contribution in [1.82, 2.24) is 10.3 Å². The third-order valence-corrected chi connectivity index (χ3v) is 5.73. The Labute approximate surface area is 191 Å². The van der Waals surface area contributed by atoms with Crippen molar-refractivity contribution in [3.05, 3.63) is 81.3 Å². The number of amides is 1. The zero-order valence-electron chi connectivity index (χ0n) is 15.7. The minimum Gasteiger partial charge on any atom is -0.436 e. The number of aromatic nitrogens is 1. The van der Waals surface area contributed by atoms with E-state index >= 15 is 0 Å². The van der Waals surface area contributed by atoms with Gasteiger partial charge in [-0.2, -0.15) is 0 Å². The molecule has 0 aliphatic rings. The van der Waals surface area contributed by atoms with Gasteiger partial charge in [0.05, 0.1) is 0 Å². The Morgan fingerprint density at radius 1 is 1.10 bits per heavy atom. The highest BCUT2D eigenvalue weighted by atomic mass is 79.9. The molecule has 0 aliphatic heterocycles. The van der Waals surface area contributed by atoms with Crippen LogP contribution in [0.3, 0.4) is 0 Å². The van der Waals surface area contributed by atoms with Crippen molar-refractivity contribution in [3.63, 3.8) is 0 Å². The van der Waals surface area contributed by atoms with E-state index in [1.54, 1.807) is 24.3 Å². The molecule has 0 saturated carbocycles. The molecule has 0 aliphatic carbocycles. The van der Waals surface area contributed by atoms with Gasteiger partial charge in [0.2, 0.25) is 5.89 Å². The maximum absolute atomic E-state index is 12.3. The molecule has 1 heterocycles. The SMILES string of the molecule is Cc1cc(-c2nc3cc(NC(=S)NC(=O)c4ccc(Cl)cc4)ccc3o2)ccc1Br. The van der Waals surface area contributed by atoms with Crippen LogP contribution < -0.4 is 10.6 Å². The highest BCUT2D eigenvalue weighted by molar-refractivity contribution is 9.10. The minimum absolute atomic E-state index is 0.182. The molecule has 0 bridgehead atoms. The smallest absolute Gasteiger partial charge is 0.257 e. The molecule has 0 spiro atoms. The van der Waals surface area contributed by atoms with Gasteiger partial charge in [0.1, 0.15) is 5.52 Å². The summed E-state index contributed by atoms with van der Waals surface area (Å²) >= 11 is 14.6. The van der Waals surface area contributed by atoms with Gasteiger partial charge in [-0.3, -0.25) is 10.1 Å². The van der Waals surface area contributed by atoms with Crippen LogP contribution in [-0.4, -0.2) is 16.0 Å². The lowest BCUT2D eigenvalue weighted by Crippen LogP contribution is -2.34. The predicted octanol–water partition coefficient (Wildman–Crippen LogP) is 6.35. The summed E-state index contributed by atoms with van der Waals surface area (Å²) in [6.45, 7) is 2.01. The maximum atomic E-state index is 12.3. The number of hydrogen-bond acceptors (Lipinski definition) is 4. The molecule has 0 atom stereocenters. The standard InChI is InChI=1S/C22H15BrClN3O2S/c1-12-10-14(4-8-17(12)23)21-26-18-11-16(7-9-19(18)29-21)25-22(30)27-20(28)13-2-5-15(24)6-3-13/h2-11H,1H3,(H2,25,27,28,30). The number of fused-ring (bicyclic) bond motifs is 1. The van der Waals surface area contributed by atoms with Crippen molar-refractivity contribution < 1.29 is 9.21 Å². The highest BCUT2D eigenvalue weighted by Crippen LogP contribution is 2.28. The average molecular weight is 501 g/mol. The van der Waals surface area contributed by atoms with Gasteiger partial charge in [0, 0.05) is 26.3 Å². The summed E-state index contributed by atoms with van der Waals surface area (Å²) in [5.41, 5.74) is 4.49. The number of benzene rings is 3. The molecule has 0 saturated heterocycles. The summed E-state index contributed by atoms with van der Waals surface area (Å²) in [6.07, 6.45) is 0. The largest absolute Gasteiger partial charge is 0.436 e. The lowest BCUT2D eigenvalue weighted by molar-refractivity contribution is 0.0977. The van der Waals surface area contributed by atoms with Crippen LogP contribution in [0.2, 0.25) is 5.02 Å². The van der Waals surface area contributed by atoms with Gasteiger partial charge in [-0.15, -0.1) is 0 Å². The molecule has 4 rings (SSSR count). The second-order valence-corrected chi connectivity index (χ2v) is 8.28. The third kappa shape index (κ3) is 4.53. The number of carbonyl (C=O) groups is 1. The Bertz CT molecular complexity index is 1270. The molecule has 2 N–H and O–H groups in total. The molecule has 3 aromatic carbocycles. The summed E-state index contributed by atoms with van der Waals surface area (Å²) in [7, 11) is 0. The fourth-order valence-corrected chi connectivity index (χ4v) is 3.43. The molecule has 1 amide bonds. The molecular formula is C22H15BrClN3O2S. The van der Waals surface area contributed by atoms with Gasteiger partial charge >= 0.3 is 0 Å². The van der Waals surface area contributed by atoms with Gasteiger partial charge < -0.3 is 9.73 Å². The van der Waals surface area contributed by atoms with Crippen LogP contribution in [0.15, 0.2) is 69.6 Å². The molecule has 1 aromatic heterocycles. The molecule has 0 unspecified atom stereocenters. The van der Waals surface area contributed by atoms with Gasteiger partial charge in [-0.1, -0.05) is 27.5 Å². The summed E-state index contributed by atoms with van der Waals surface area (Å²) < 4.78 is 6.90. The van der Waals surface area contributed by atoms with Crippen LogP contribution in [0.25, 0.3) is 22.6 Å². The van der Waals surface area contributed by atoms with Crippen LogP contribution in [0.5, 0.6) is 0 Å². The quantitative estimate of drug-likeness (QED) is 0.321. The Morgan fingerprint density at radius 2 is 1.87 bits per heavy atom. The Kier molecular flexibility index (Phi) is 5.85. The molecule has 0 fully saturated rings. The van der Waals surface area contributed by atoms with E-state index in [0.29, 0.717) is 33.3 Å². The Morgan fingerprint density at radius 3 is 2.60 bits per heavy atom. The number of rotatable bonds is 3. The van der Waals surface area contributed by atoms with E-state index in [9.17, 15) is 4.79 Å². The molecule has 0 radical (unpaired) electrons. The van der Waals surface area contributed by atoms with Crippen molar-refractivity contribution in [1.29, 1.82) is 0 Å². The number of halogens is 2. The molecule has 8 heteroatoms. The second-order valence-electron chi connectivity index (χ2n) is 6.58. The molecule has 150 valence electrons. The first kappa shape index (κ1) is 20.5. The van der Waals surface area contributed by atoms with Gasteiger partial charge in [0.25, 0.3) is 5.91 Å². The van der Waals surface area contributed by atoms with Crippen molar-refractivity contribution in [2.75, 3.05) is 5.32 Å². The first-order chi connectivity index (χ1) is 14.4. The van der Waals surface area contributed by atoms with E-state index in [1.165, 1.54) is 0 Å². The van der Waals surface area contributed by atoms with Crippen LogP contribution in [0, 0.1) is 6.92 Å². The van der Waals surface area contributed by atoms with E-state index in [1.807, 2.05) is 43.3 Å². The number of aryl methyl sites for hydroxylation is 1.